The van der Waals surface area contributed by atoms with Crippen molar-refractivity contribution in [3.8, 4) is 11.1 Å². The molecule has 106 valence electrons. The second-order valence-corrected chi connectivity index (χ2v) is 4.00. The Labute approximate surface area is 109 Å². The van der Waals surface area contributed by atoms with E-state index in [1.807, 2.05) is 0 Å². The maximum absolute atomic E-state index is 13.6. The second kappa shape index (κ2) is 5.16. The van der Waals surface area contributed by atoms with Crippen LogP contribution in [-0.2, 0) is 6.54 Å². The number of hydrogen-bond acceptors (Lipinski definition) is 1. The highest BCUT2D eigenvalue weighted by Gasteiger charge is 2.26. The van der Waals surface area contributed by atoms with E-state index in [1.54, 1.807) is 0 Å². The van der Waals surface area contributed by atoms with Crippen LogP contribution in [0.5, 0.6) is 0 Å². The van der Waals surface area contributed by atoms with Gasteiger partial charge in [-0.25, -0.2) is 26.3 Å². The van der Waals surface area contributed by atoms with Gasteiger partial charge < -0.3 is 5.73 Å². The molecule has 0 bridgehead atoms. The fraction of sp³-hybridized carbons (Fsp3) is 0.0769. The summed E-state index contributed by atoms with van der Waals surface area (Å²) in [6.45, 7) is -0.153. The lowest BCUT2D eigenvalue weighted by molar-refractivity contribution is 0.381. The minimum Gasteiger partial charge on any atom is -0.326 e. The van der Waals surface area contributed by atoms with Crippen molar-refractivity contribution in [2.24, 2.45) is 5.73 Å². The van der Waals surface area contributed by atoms with Gasteiger partial charge in [0, 0.05) is 6.54 Å². The van der Waals surface area contributed by atoms with Crippen LogP contribution in [0.4, 0.5) is 26.3 Å². The lowest BCUT2D eigenvalue weighted by Gasteiger charge is -2.10. The maximum atomic E-state index is 13.6. The molecule has 2 rings (SSSR count). The van der Waals surface area contributed by atoms with Crippen molar-refractivity contribution in [1.29, 1.82) is 0 Å². The predicted molar refractivity (Wildman–Crippen MR) is 59.5 cm³/mol. The largest absolute Gasteiger partial charge is 0.326 e. The molecule has 2 aromatic carbocycles. The summed E-state index contributed by atoms with van der Waals surface area (Å²) in [5.41, 5.74) is 3.76. The van der Waals surface area contributed by atoms with Gasteiger partial charge in [0.2, 0.25) is 5.82 Å². The van der Waals surface area contributed by atoms with E-state index >= 15 is 0 Å². The monoisotopic (exact) mass is 291 g/mol. The highest BCUT2D eigenvalue weighted by atomic mass is 19.2. The molecule has 0 saturated heterocycles. The molecule has 0 amide bonds. The third kappa shape index (κ3) is 2.24. The average Bonchev–Trinajstić information content (AvgIpc) is 2.42. The quantitative estimate of drug-likeness (QED) is 0.510. The molecule has 0 fully saturated rings. The Morgan fingerprint density at radius 2 is 1.20 bits per heavy atom. The highest BCUT2D eigenvalue weighted by molar-refractivity contribution is 5.66. The van der Waals surface area contributed by atoms with E-state index in [9.17, 15) is 26.3 Å². The first-order chi connectivity index (χ1) is 9.36. The second-order valence-electron chi connectivity index (χ2n) is 4.00. The molecule has 0 spiro atoms. The molecule has 0 unspecified atom stereocenters. The average molecular weight is 291 g/mol. The molecule has 0 atom stereocenters. The molecule has 0 heterocycles. The van der Waals surface area contributed by atoms with Gasteiger partial charge >= 0.3 is 0 Å². The van der Waals surface area contributed by atoms with Crippen LogP contribution in [0.3, 0.4) is 0 Å². The van der Waals surface area contributed by atoms with Crippen LogP contribution in [0.1, 0.15) is 5.56 Å². The third-order valence-corrected chi connectivity index (χ3v) is 2.69. The Morgan fingerprint density at radius 3 is 1.70 bits per heavy atom. The summed E-state index contributed by atoms with van der Waals surface area (Å²) in [4.78, 5) is 0. The van der Waals surface area contributed by atoms with Crippen LogP contribution in [0, 0.1) is 34.9 Å². The molecule has 0 aliphatic heterocycles. The van der Waals surface area contributed by atoms with Gasteiger partial charge in [-0.05, 0) is 29.3 Å². The smallest absolute Gasteiger partial charge is 0.200 e. The summed E-state index contributed by atoms with van der Waals surface area (Å²) in [5, 5.41) is 0. The summed E-state index contributed by atoms with van der Waals surface area (Å²) in [6, 6.07) is 2.72. The summed E-state index contributed by atoms with van der Waals surface area (Å²) in [7, 11) is 0. The van der Waals surface area contributed by atoms with Crippen molar-refractivity contribution in [3.05, 3.63) is 58.7 Å². The molecule has 7 heteroatoms. The number of nitrogens with two attached hydrogens (primary N) is 1. The Hall–Kier alpha value is -2.02. The molecule has 1 nitrogen and oxygen atoms in total. The van der Waals surface area contributed by atoms with E-state index in [2.05, 4.69) is 0 Å². The lowest BCUT2D eigenvalue weighted by atomic mass is 10.0. The minimum absolute atomic E-state index is 0.153. The van der Waals surface area contributed by atoms with Gasteiger partial charge in [0.1, 0.15) is 5.82 Å². The number of hydrogen-bond donors (Lipinski definition) is 1. The summed E-state index contributed by atoms with van der Waals surface area (Å²) in [6.07, 6.45) is 0. The van der Waals surface area contributed by atoms with Gasteiger partial charge in [0.15, 0.2) is 23.3 Å². The topological polar surface area (TPSA) is 26.0 Å². The van der Waals surface area contributed by atoms with Crippen molar-refractivity contribution < 1.29 is 26.3 Å². The Bertz CT molecular complexity index is 654. The molecule has 20 heavy (non-hydrogen) atoms. The first kappa shape index (κ1) is 14.4. The zero-order valence-corrected chi connectivity index (χ0v) is 9.78. The molecule has 0 aromatic heterocycles. The molecule has 2 aromatic rings. The number of benzene rings is 2. The fourth-order valence-corrected chi connectivity index (χ4v) is 1.77. The van der Waals surface area contributed by atoms with Gasteiger partial charge in [-0.1, -0.05) is 0 Å². The molecule has 0 saturated carbocycles. The third-order valence-electron chi connectivity index (χ3n) is 2.69. The molecule has 2 N–H and O–H groups in total. The van der Waals surface area contributed by atoms with Crippen LogP contribution in [0.25, 0.3) is 11.1 Å². The Kier molecular flexibility index (Phi) is 3.71. The first-order valence-corrected chi connectivity index (χ1v) is 5.38. The zero-order chi connectivity index (χ0) is 15.0. The van der Waals surface area contributed by atoms with Gasteiger partial charge in [0.25, 0.3) is 0 Å². The Balaban J connectivity index is 2.79. The predicted octanol–water partition coefficient (Wildman–Crippen LogP) is 3.65. The van der Waals surface area contributed by atoms with Crippen molar-refractivity contribution in [1.82, 2.24) is 0 Å². The van der Waals surface area contributed by atoms with E-state index in [1.165, 1.54) is 0 Å². The molecule has 0 radical (unpaired) electrons. The summed E-state index contributed by atoms with van der Waals surface area (Å²) >= 11 is 0. The summed E-state index contributed by atoms with van der Waals surface area (Å²) in [5.74, 6) is -11.4. The standard InChI is InChI=1S/C13H7F6N/c14-7-2-5(4-20)1-6(3-7)8-9(15)11(17)13(19)12(18)10(8)16/h1-3H,4,20H2. The normalized spacial score (nSPS) is 10.9. The summed E-state index contributed by atoms with van der Waals surface area (Å²) < 4.78 is 79.5. The van der Waals surface area contributed by atoms with E-state index in [0.717, 1.165) is 12.1 Å². The lowest BCUT2D eigenvalue weighted by Crippen LogP contribution is -2.05. The molecular formula is C13H7F6N. The van der Waals surface area contributed by atoms with Crippen molar-refractivity contribution in [2.75, 3.05) is 0 Å². The van der Waals surface area contributed by atoms with Gasteiger partial charge in [0.05, 0.1) is 5.56 Å². The molecule has 0 aliphatic carbocycles. The van der Waals surface area contributed by atoms with Crippen LogP contribution < -0.4 is 5.73 Å². The Morgan fingerprint density at radius 1 is 0.700 bits per heavy atom. The van der Waals surface area contributed by atoms with Crippen molar-refractivity contribution >= 4 is 0 Å². The minimum atomic E-state index is -2.26. The number of rotatable bonds is 2. The van der Waals surface area contributed by atoms with Crippen LogP contribution in [0.15, 0.2) is 18.2 Å². The van der Waals surface area contributed by atoms with E-state index in [-0.39, 0.29) is 12.1 Å². The van der Waals surface area contributed by atoms with Crippen LogP contribution in [-0.4, -0.2) is 0 Å². The SMILES string of the molecule is NCc1cc(F)cc(-c2c(F)c(F)c(F)c(F)c2F)c1. The molecule has 0 aliphatic rings. The number of halogens is 6. The van der Waals surface area contributed by atoms with Gasteiger partial charge in [-0.2, -0.15) is 0 Å². The van der Waals surface area contributed by atoms with Crippen LogP contribution in [0.2, 0.25) is 0 Å². The van der Waals surface area contributed by atoms with Crippen molar-refractivity contribution in [3.63, 3.8) is 0 Å². The zero-order valence-electron chi connectivity index (χ0n) is 9.78. The van der Waals surface area contributed by atoms with E-state index in [0.29, 0.717) is 6.07 Å². The van der Waals surface area contributed by atoms with Gasteiger partial charge in [-0.15, -0.1) is 0 Å². The van der Waals surface area contributed by atoms with Crippen molar-refractivity contribution in [2.45, 2.75) is 6.54 Å². The highest BCUT2D eigenvalue weighted by Crippen LogP contribution is 2.32. The maximum Gasteiger partial charge on any atom is 0.200 e. The first-order valence-electron chi connectivity index (χ1n) is 5.38. The fourth-order valence-electron chi connectivity index (χ4n) is 1.77. The van der Waals surface area contributed by atoms with E-state index < -0.39 is 46.0 Å². The molecular weight excluding hydrogens is 284 g/mol. The van der Waals surface area contributed by atoms with E-state index in [4.69, 9.17) is 5.73 Å². The van der Waals surface area contributed by atoms with Gasteiger partial charge in [-0.3, -0.25) is 0 Å². The van der Waals surface area contributed by atoms with Crippen LogP contribution >= 0.6 is 0 Å².